The van der Waals surface area contributed by atoms with Crippen molar-refractivity contribution < 1.29 is 60.2 Å². The average molecular weight is 664 g/mol. The third kappa shape index (κ3) is 8.71. The summed E-state index contributed by atoms with van der Waals surface area (Å²) < 4.78 is 5.49. The Morgan fingerprint density at radius 2 is 0.935 bits per heavy atom. The standard InChI is InChI=1S/2C12H20NSi.2BrH.Zr/c2*1-14(2,12-8-4-5-9-12)13-10-6-3-7-11-13;;;/h2*4,8H,3,5-7,10-11H2,1-2H3;2*1H;/q2*-1;;;+4/p-2. The summed E-state index contributed by atoms with van der Waals surface area (Å²) in [5.74, 6) is 0. The SMILES string of the molecule is C[Si](C)(C1=[C-]CC=C1)N1CCCCC1.C[Si](C)(C1=[C-]CC=C1)N1CCCCC1.[Br-].[Br-].[Zr+4]. The Labute approximate surface area is 234 Å². The molecule has 2 heterocycles. The van der Waals surface area contributed by atoms with Crippen molar-refractivity contribution in [3.05, 3.63) is 46.8 Å². The van der Waals surface area contributed by atoms with Crippen LogP contribution in [0.2, 0.25) is 26.2 Å². The maximum atomic E-state index is 3.52. The van der Waals surface area contributed by atoms with Gasteiger partial charge in [0.15, 0.2) is 0 Å². The first-order valence-electron chi connectivity index (χ1n) is 11.5. The van der Waals surface area contributed by atoms with Gasteiger partial charge in [0, 0.05) is 0 Å². The van der Waals surface area contributed by atoms with Gasteiger partial charge in [-0.2, -0.15) is 12.2 Å². The number of rotatable bonds is 4. The first kappa shape index (κ1) is 32.2. The van der Waals surface area contributed by atoms with Crippen molar-refractivity contribution >= 4 is 16.5 Å². The van der Waals surface area contributed by atoms with E-state index in [0.29, 0.717) is 0 Å². The molecule has 0 saturated carbocycles. The van der Waals surface area contributed by atoms with Crippen molar-refractivity contribution in [1.82, 2.24) is 9.13 Å². The van der Waals surface area contributed by atoms with Crippen LogP contribution in [-0.2, 0) is 26.2 Å². The van der Waals surface area contributed by atoms with Gasteiger partial charge in [0.05, 0.1) is 0 Å². The Balaban J connectivity index is 0.000000529. The summed E-state index contributed by atoms with van der Waals surface area (Å²) in [4.78, 5) is 0. The fourth-order valence-corrected chi connectivity index (χ4v) is 10.6. The Morgan fingerprint density at radius 3 is 1.19 bits per heavy atom. The van der Waals surface area contributed by atoms with E-state index in [1.54, 1.807) is 0 Å². The van der Waals surface area contributed by atoms with Crippen LogP contribution in [0.25, 0.3) is 0 Å². The van der Waals surface area contributed by atoms with Gasteiger partial charge in [0.25, 0.3) is 0 Å². The third-order valence-corrected chi connectivity index (χ3v) is 14.4. The molecule has 4 rings (SSSR count). The second kappa shape index (κ2) is 15.2. The molecular weight excluding hydrogens is 623 g/mol. The fourth-order valence-electron chi connectivity index (χ4n) is 4.90. The van der Waals surface area contributed by atoms with E-state index in [1.165, 1.54) is 75.1 Å². The number of allylic oxidation sites excluding steroid dienone is 8. The van der Waals surface area contributed by atoms with Gasteiger partial charge in [-0.25, -0.2) is 22.5 Å². The normalized spacial score (nSPS) is 21.7. The van der Waals surface area contributed by atoms with Crippen molar-refractivity contribution in [3.63, 3.8) is 0 Å². The summed E-state index contributed by atoms with van der Waals surface area (Å²) in [6, 6.07) is 0. The summed E-state index contributed by atoms with van der Waals surface area (Å²) in [6.07, 6.45) is 26.7. The van der Waals surface area contributed by atoms with Gasteiger partial charge in [-0.15, -0.1) is 12.8 Å². The largest absolute Gasteiger partial charge is 4.00 e. The molecule has 0 aromatic rings. The molecule has 2 aliphatic carbocycles. The third-order valence-electron chi connectivity index (χ3n) is 7.00. The molecule has 0 aromatic heterocycles. The Hall–Kier alpha value is 1.16. The molecule has 0 atom stereocenters. The zero-order valence-electron chi connectivity index (χ0n) is 19.9. The van der Waals surface area contributed by atoms with Crippen LogP contribution in [0.5, 0.6) is 0 Å². The second-order valence-corrected chi connectivity index (χ2v) is 18.2. The maximum Gasteiger partial charge on any atom is 4.00 e. The molecule has 2 fully saturated rings. The van der Waals surface area contributed by atoms with Gasteiger partial charge in [0.1, 0.15) is 16.5 Å². The van der Waals surface area contributed by atoms with E-state index in [9.17, 15) is 0 Å². The fraction of sp³-hybridized carbons (Fsp3) is 0.667. The maximum absolute atomic E-state index is 3.52. The van der Waals surface area contributed by atoms with Crippen LogP contribution in [0, 0.1) is 12.2 Å². The molecule has 4 aliphatic rings. The zero-order chi connectivity index (χ0) is 20.0. The summed E-state index contributed by atoms with van der Waals surface area (Å²) in [5.41, 5.74) is 0. The van der Waals surface area contributed by atoms with E-state index in [2.05, 4.69) is 71.8 Å². The van der Waals surface area contributed by atoms with Crippen molar-refractivity contribution in [2.45, 2.75) is 77.6 Å². The van der Waals surface area contributed by atoms with E-state index in [-0.39, 0.29) is 60.2 Å². The first-order valence-corrected chi connectivity index (χ1v) is 17.4. The van der Waals surface area contributed by atoms with Crippen LogP contribution in [0.4, 0.5) is 0 Å². The molecule has 0 unspecified atom stereocenters. The first-order chi connectivity index (χ1) is 13.4. The van der Waals surface area contributed by atoms with Crippen LogP contribution in [0.3, 0.4) is 0 Å². The van der Waals surface area contributed by atoms with Crippen LogP contribution in [0.15, 0.2) is 34.7 Å². The number of halogens is 2. The smallest absolute Gasteiger partial charge is 1.00 e. The molecule has 7 heteroatoms. The van der Waals surface area contributed by atoms with E-state index in [1.807, 2.05) is 0 Å². The van der Waals surface area contributed by atoms with Gasteiger partial charge in [0.2, 0.25) is 0 Å². The summed E-state index contributed by atoms with van der Waals surface area (Å²) >= 11 is 0. The molecule has 0 amide bonds. The minimum Gasteiger partial charge on any atom is -1.00 e. The van der Waals surface area contributed by atoms with Gasteiger partial charge in [-0.1, -0.05) is 39.0 Å². The van der Waals surface area contributed by atoms with Crippen molar-refractivity contribution in [2.24, 2.45) is 0 Å². The number of hydrogen-bond donors (Lipinski definition) is 0. The van der Waals surface area contributed by atoms with Crippen LogP contribution < -0.4 is 34.0 Å². The quantitative estimate of drug-likeness (QED) is 0.305. The second-order valence-electron chi connectivity index (χ2n) is 9.61. The van der Waals surface area contributed by atoms with E-state index in [4.69, 9.17) is 0 Å². The number of piperidine rings is 2. The predicted molar refractivity (Wildman–Crippen MR) is 127 cm³/mol. The molecule has 0 spiro atoms. The van der Waals surface area contributed by atoms with Crippen molar-refractivity contribution in [3.8, 4) is 0 Å². The van der Waals surface area contributed by atoms with E-state index in [0.717, 1.165) is 12.8 Å². The summed E-state index contributed by atoms with van der Waals surface area (Å²) in [5, 5.41) is 3.05. The average Bonchev–Trinajstić information content (AvgIpc) is 3.44. The number of hydrogen-bond acceptors (Lipinski definition) is 2. The molecule has 2 aliphatic heterocycles. The van der Waals surface area contributed by atoms with Gasteiger partial charge < -0.3 is 43.1 Å². The minimum atomic E-state index is -1.32. The Morgan fingerprint density at radius 1 is 0.613 bits per heavy atom. The zero-order valence-corrected chi connectivity index (χ0v) is 27.6. The summed E-state index contributed by atoms with van der Waals surface area (Å²) in [7, 11) is -2.63. The molecule has 172 valence electrons. The monoisotopic (exact) mass is 660 g/mol. The molecule has 0 aromatic carbocycles. The molecule has 31 heavy (non-hydrogen) atoms. The minimum absolute atomic E-state index is 0. The Bertz CT molecular complexity index is 592. The molecule has 2 nitrogen and oxygen atoms in total. The van der Waals surface area contributed by atoms with Crippen LogP contribution in [0.1, 0.15) is 51.4 Å². The molecular formula is C24H40Br2N2Si2Zr. The molecule has 0 radical (unpaired) electrons. The van der Waals surface area contributed by atoms with E-state index < -0.39 is 16.5 Å². The summed E-state index contributed by atoms with van der Waals surface area (Å²) in [6.45, 7) is 15.1. The van der Waals surface area contributed by atoms with Crippen molar-refractivity contribution in [1.29, 1.82) is 0 Å². The van der Waals surface area contributed by atoms with Crippen LogP contribution >= 0.6 is 0 Å². The molecule has 0 N–H and O–H groups in total. The molecule has 0 bridgehead atoms. The molecule has 2 saturated heterocycles. The van der Waals surface area contributed by atoms with Gasteiger partial charge in [-0.3, -0.25) is 12.2 Å². The predicted octanol–water partition coefficient (Wildman–Crippen LogP) is -0.182. The van der Waals surface area contributed by atoms with Gasteiger partial charge in [-0.05, 0) is 51.9 Å². The van der Waals surface area contributed by atoms with Crippen LogP contribution in [-0.4, -0.2) is 51.8 Å². The van der Waals surface area contributed by atoms with Gasteiger partial charge >= 0.3 is 26.2 Å². The Kier molecular flexibility index (Phi) is 15.8. The number of nitrogens with zero attached hydrogens (tertiary/aromatic N) is 2. The van der Waals surface area contributed by atoms with Crippen molar-refractivity contribution in [2.75, 3.05) is 26.2 Å². The van der Waals surface area contributed by atoms with E-state index >= 15 is 0 Å². The topological polar surface area (TPSA) is 6.48 Å².